The number of para-hydroxylation sites is 1. The van der Waals surface area contributed by atoms with E-state index in [0.29, 0.717) is 5.69 Å². The van der Waals surface area contributed by atoms with Gasteiger partial charge in [0.15, 0.2) is 0 Å². The van der Waals surface area contributed by atoms with E-state index in [1.165, 1.54) is 29.2 Å². The Bertz CT molecular complexity index is 1440. The quantitative estimate of drug-likeness (QED) is 0.380. The second-order valence-electron chi connectivity index (χ2n) is 9.93. The number of rotatable bonds is 8. The number of anilines is 2. The summed E-state index contributed by atoms with van der Waals surface area (Å²) in [6.07, 6.45) is -0.501. The van der Waals surface area contributed by atoms with Crippen molar-refractivity contribution in [3.8, 4) is 5.75 Å². The molecule has 3 amide bonds. The predicted molar refractivity (Wildman–Crippen MR) is 153 cm³/mol. The van der Waals surface area contributed by atoms with Gasteiger partial charge in [0.1, 0.15) is 11.9 Å². The van der Waals surface area contributed by atoms with Crippen molar-refractivity contribution < 1.29 is 27.9 Å². The Balaban J connectivity index is 1.62. The number of nitrogens with zero attached hydrogens (tertiary/aromatic N) is 2. The number of aliphatic hydroxyl groups is 1. The molecule has 4 rings (SSSR count). The number of urea groups is 1. The molecule has 3 aromatic carbocycles. The summed E-state index contributed by atoms with van der Waals surface area (Å²) in [6.45, 7) is 3.89. The third-order valence-corrected chi connectivity index (χ3v) is 8.19. The van der Waals surface area contributed by atoms with Crippen LogP contribution in [-0.4, -0.2) is 74.2 Å². The van der Waals surface area contributed by atoms with Gasteiger partial charge in [-0.1, -0.05) is 43.3 Å². The van der Waals surface area contributed by atoms with Crippen LogP contribution in [0.1, 0.15) is 24.2 Å². The van der Waals surface area contributed by atoms with Gasteiger partial charge in [-0.05, 0) is 49.4 Å². The standard InChI is InChI=1S/C29H34N4O6S/c1-20-17-33(21(2)19-34)28(35)25-16-23(31-40(37,38)24-12-8-5-9-13-24)14-15-26(25)39-27(20)18-32(3)29(36)30-22-10-6-4-7-11-22/h4-16,20-21,27,31,34H,17-19H2,1-3H3,(H,30,36)/t20-,21+,27-/m1/s1. The van der Waals surface area contributed by atoms with E-state index in [1.54, 1.807) is 55.3 Å². The van der Waals surface area contributed by atoms with Crippen molar-refractivity contribution in [1.82, 2.24) is 9.80 Å². The van der Waals surface area contributed by atoms with Gasteiger partial charge in [-0.25, -0.2) is 13.2 Å². The molecule has 0 aromatic heterocycles. The maximum absolute atomic E-state index is 13.6. The lowest BCUT2D eigenvalue weighted by Crippen LogP contribution is -2.50. The maximum atomic E-state index is 13.6. The molecule has 0 saturated carbocycles. The highest BCUT2D eigenvalue weighted by Gasteiger charge is 2.34. The van der Waals surface area contributed by atoms with Gasteiger partial charge in [0.05, 0.1) is 29.7 Å². The lowest BCUT2D eigenvalue weighted by atomic mass is 9.99. The highest BCUT2D eigenvalue weighted by molar-refractivity contribution is 7.92. The molecule has 3 N–H and O–H groups in total. The van der Waals surface area contributed by atoms with Crippen LogP contribution in [0.4, 0.5) is 16.2 Å². The topological polar surface area (TPSA) is 128 Å². The Labute approximate surface area is 234 Å². The minimum atomic E-state index is -3.89. The summed E-state index contributed by atoms with van der Waals surface area (Å²) in [5.41, 5.74) is 1.01. The molecule has 3 atom stereocenters. The van der Waals surface area contributed by atoms with Crippen molar-refractivity contribution in [2.45, 2.75) is 30.9 Å². The molecule has 11 heteroatoms. The number of hydrogen-bond acceptors (Lipinski definition) is 6. The number of hydrogen-bond donors (Lipinski definition) is 3. The van der Waals surface area contributed by atoms with Crippen molar-refractivity contribution in [3.05, 3.63) is 84.4 Å². The number of sulfonamides is 1. The van der Waals surface area contributed by atoms with Crippen LogP contribution in [0.15, 0.2) is 83.8 Å². The molecule has 40 heavy (non-hydrogen) atoms. The van der Waals surface area contributed by atoms with E-state index >= 15 is 0 Å². The van der Waals surface area contributed by atoms with Gasteiger partial charge in [0.25, 0.3) is 15.9 Å². The van der Waals surface area contributed by atoms with Crippen LogP contribution >= 0.6 is 0 Å². The molecule has 1 heterocycles. The van der Waals surface area contributed by atoms with Crippen LogP contribution in [0.2, 0.25) is 0 Å². The highest BCUT2D eigenvalue weighted by Crippen LogP contribution is 2.31. The Kier molecular flexibility index (Phi) is 8.96. The summed E-state index contributed by atoms with van der Waals surface area (Å²) < 4.78 is 34.6. The van der Waals surface area contributed by atoms with Gasteiger partial charge >= 0.3 is 6.03 Å². The summed E-state index contributed by atoms with van der Waals surface area (Å²) in [5.74, 6) is -0.330. The highest BCUT2D eigenvalue weighted by atomic mass is 32.2. The minimum absolute atomic E-state index is 0.0885. The Hall–Kier alpha value is -4.09. The number of carbonyl (C=O) groups excluding carboxylic acids is 2. The number of ether oxygens (including phenoxy) is 1. The van der Waals surface area contributed by atoms with Crippen molar-refractivity contribution >= 4 is 33.3 Å². The van der Waals surface area contributed by atoms with E-state index in [4.69, 9.17) is 4.74 Å². The summed E-state index contributed by atoms with van der Waals surface area (Å²) in [4.78, 5) is 29.7. The van der Waals surface area contributed by atoms with E-state index in [9.17, 15) is 23.1 Å². The minimum Gasteiger partial charge on any atom is -0.487 e. The third-order valence-electron chi connectivity index (χ3n) is 6.80. The molecule has 0 saturated heterocycles. The van der Waals surface area contributed by atoms with E-state index < -0.39 is 28.1 Å². The van der Waals surface area contributed by atoms with E-state index in [-0.39, 0.29) is 53.5 Å². The van der Waals surface area contributed by atoms with Gasteiger partial charge in [-0.2, -0.15) is 0 Å². The van der Waals surface area contributed by atoms with Gasteiger partial charge < -0.3 is 25.0 Å². The van der Waals surface area contributed by atoms with E-state index in [2.05, 4.69) is 10.0 Å². The normalized spacial score (nSPS) is 18.0. The molecule has 0 aliphatic carbocycles. The van der Waals surface area contributed by atoms with Crippen LogP contribution in [0.3, 0.4) is 0 Å². The summed E-state index contributed by atoms with van der Waals surface area (Å²) in [5, 5.41) is 12.7. The molecular formula is C29H34N4O6S. The number of benzene rings is 3. The molecule has 1 aliphatic rings. The maximum Gasteiger partial charge on any atom is 0.321 e. The molecule has 0 unspecified atom stereocenters. The molecule has 212 valence electrons. The molecule has 0 bridgehead atoms. The third kappa shape index (κ3) is 6.72. The zero-order valence-corrected chi connectivity index (χ0v) is 23.5. The first kappa shape index (κ1) is 28.9. The van der Waals surface area contributed by atoms with Crippen LogP contribution in [0, 0.1) is 5.92 Å². The molecule has 0 radical (unpaired) electrons. The fraction of sp³-hybridized carbons (Fsp3) is 0.310. The number of aliphatic hydroxyl groups excluding tert-OH is 1. The predicted octanol–water partition coefficient (Wildman–Crippen LogP) is 3.87. The van der Waals surface area contributed by atoms with Gasteiger partial charge in [-0.3, -0.25) is 9.52 Å². The number of carbonyl (C=O) groups is 2. The first-order valence-electron chi connectivity index (χ1n) is 13.0. The Morgan fingerprint density at radius 3 is 2.38 bits per heavy atom. The zero-order chi connectivity index (χ0) is 28.9. The van der Waals surface area contributed by atoms with Gasteiger partial charge in [0, 0.05) is 30.9 Å². The second-order valence-corrected chi connectivity index (χ2v) is 11.6. The van der Waals surface area contributed by atoms with Crippen molar-refractivity contribution in [1.29, 1.82) is 0 Å². The first-order chi connectivity index (χ1) is 19.1. The largest absolute Gasteiger partial charge is 0.487 e. The fourth-order valence-electron chi connectivity index (χ4n) is 4.41. The second kappa shape index (κ2) is 12.4. The zero-order valence-electron chi connectivity index (χ0n) is 22.7. The van der Waals surface area contributed by atoms with Crippen molar-refractivity contribution in [2.75, 3.05) is 36.8 Å². The smallest absolute Gasteiger partial charge is 0.321 e. The number of likely N-dealkylation sites (N-methyl/N-ethyl adjacent to an activating group) is 1. The average Bonchev–Trinajstić information content (AvgIpc) is 2.95. The van der Waals surface area contributed by atoms with Crippen molar-refractivity contribution in [3.63, 3.8) is 0 Å². The van der Waals surface area contributed by atoms with Crippen LogP contribution in [0.5, 0.6) is 5.75 Å². The lowest BCUT2D eigenvalue weighted by Gasteiger charge is -2.38. The SMILES string of the molecule is C[C@@H]1CN([C@@H](C)CO)C(=O)c2cc(NS(=O)(=O)c3ccccc3)ccc2O[C@@H]1CN(C)C(=O)Nc1ccccc1. The van der Waals surface area contributed by atoms with Crippen LogP contribution in [-0.2, 0) is 10.0 Å². The van der Waals surface area contributed by atoms with Crippen LogP contribution in [0.25, 0.3) is 0 Å². The number of nitrogens with one attached hydrogen (secondary N) is 2. The molecular weight excluding hydrogens is 532 g/mol. The van der Waals surface area contributed by atoms with E-state index in [0.717, 1.165) is 0 Å². The molecule has 1 aliphatic heterocycles. The van der Waals surface area contributed by atoms with E-state index in [1.807, 2.05) is 25.1 Å². The average molecular weight is 567 g/mol. The summed E-state index contributed by atoms with van der Waals surface area (Å²) in [7, 11) is -2.22. The Morgan fingerprint density at radius 2 is 1.73 bits per heavy atom. The number of fused-ring (bicyclic) bond motifs is 1. The number of amides is 3. The van der Waals surface area contributed by atoms with Crippen LogP contribution < -0.4 is 14.8 Å². The first-order valence-corrected chi connectivity index (χ1v) is 14.4. The fourth-order valence-corrected chi connectivity index (χ4v) is 5.48. The van der Waals surface area contributed by atoms with Gasteiger partial charge in [-0.15, -0.1) is 0 Å². The monoisotopic (exact) mass is 566 g/mol. The summed E-state index contributed by atoms with van der Waals surface area (Å²) in [6, 6.07) is 20.7. The molecule has 0 fully saturated rings. The molecule has 0 spiro atoms. The molecule has 10 nitrogen and oxygen atoms in total. The Morgan fingerprint density at radius 1 is 1.07 bits per heavy atom. The van der Waals surface area contributed by atoms with Gasteiger partial charge in [0.2, 0.25) is 0 Å². The summed E-state index contributed by atoms with van der Waals surface area (Å²) >= 11 is 0. The lowest BCUT2D eigenvalue weighted by molar-refractivity contribution is 0.0371. The molecule has 3 aromatic rings. The van der Waals surface area contributed by atoms with Crippen molar-refractivity contribution in [2.24, 2.45) is 5.92 Å².